The van der Waals surface area contributed by atoms with Gasteiger partial charge in [-0.3, -0.25) is 14.2 Å². The van der Waals surface area contributed by atoms with Crippen molar-refractivity contribution in [3.63, 3.8) is 0 Å². The van der Waals surface area contributed by atoms with Crippen molar-refractivity contribution in [1.29, 1.82) is 0 Å². The van der Waals surface area contributed by atoms with E-state index >= 15 is 0 Å². The Bertz CT molecular complexity index is 1430. The van der Waals surface area contributed by atoms with Gasteiger partial charge in [0.15, 0.2) is 5.65 Å². The van der Waals surface area contributed by atoms with Crippen molar-refractivity contribution >= 4 is 22.6 Å². The lowest BCUT2D eigenvalue weighted by Gasteiger charge is -2.45. The van der Waals surface area contributed by atoms with E-state index in [-0.39, 0.29) is 23.9 Å². The molecule has 2 aliphatic heterocycles. The van der Waals surface area contributed by atoms with Crippen molar-refractivity contribution in [2.24, 2.45) is 11.3 Å². The summed E-state index contributed by atoms with van der Waals surface area (Å²) in [7, 11) is 0. The monoisotopic (exact) mass is 544 g/mol. The van der Waals surface area contributed by atoms with E-state index in [1.54, 1.807) is 10.9 Å². The number of anilines is 1. The third kappa shape index (κ3) is 4.82. The normalized spacial score (nSPS) is 22.6. The smallest absolute Gasteiger partial charge is 0.264 e. The number of fused-ring (bicyclic) bond motifs is 1. The zero-order valence-electron chi connectivity index (χ0n) is 23.3. The van der Waals surface area contributed by atoms with E-state index in [9.17, 15) is 14.7 Å². The van der Waals surface area contributed by atoms with Crippen LogP contribution >= 0.6 is 0 Å². The molecule has 0 bridgehead atoms. The Morgan fingerprint density at radius 3 is 2.25 bits per heavy atom. The minimum Gasteiger partial charge on any atom is -0.388 e. The molecule has 1 N–H and O–H groups in total. The summed E-state index contributed by atoms with van der Waals surface area (Å²) in [6, 6.07) is 8.41. The van der Waals surface area contributed by atoms with Gasteiger partial charge in [-0.15, -0.1) is 0 Å². The minimum absolute atomic E-state index is 0.164. The van der Waals surface area contributed by atoms with E-state index in [0.717, 1.165) is 31.6 Å². The molecule has 2 aliphatic carbocycles. The lowest BCUT2D eigenvalue weighted by molar-refractivity contribution is -0.137. The van der Waals surface area contributed by atoms with Gasteiger partial charge in [0.2, 0.25) is 5.91 Å². The van der Waals surface area contributed by atoms with Gasteiger partial charge in [0, 0.05) is 37.8 Å². The first-order valence-corrected chi connectivity index (χ1v) is 15.2. The lowest BCUT2D eigenvalue weighted by Crippen LogP contribution is -2.50. The van der Waals surface area contributed by atoms with Gasteiger partial charge >= 0.3 is 0 Å². The summed E-state index contributed by atoms with van der Waals surface area (Å²) in [5, 5.41) is 16.2. The molecule has 2 aromatic heterocycles. The zero-order valence-corrected chi connectivity index (χ0v) is 23.3. The molecule has 3 aromatic rings. The second-order valence-corrected chi connectivity index (χ2v) is 12.9. The number of hydrogen-bond donors (Lipinski definition) is 1. The molecule has 2 saturated heterocycles. The van der Waals surface area contributed by atoms with Crippen LogP contribution in [0.25, 0.3) is 16.7 Å². The summed E-state index contributed by atoms with van der Waals surface area (Å²) in [6.07, 6.45) is 15.6. The molecule has 1 aromatic carbocycles. The molecule has 4 heterocycles. The van der Waals surface area contributed by atoms with Crippen LogP contribution in [0.5, 0.6) is 0 Å². The number of carbonyl (C=O) groups is 1. The van der Waals surface area contributed by atoms with Gasteiger partial charge in [0.25, 0.3) is 5.56 Å². The van der Waals surface area contributed by atoms with Crippen LogP contribution in [-0.2, 0) is 11.3 Å². The third-order valence-electron chi connectivity index (χ3n) is 10.1. The van der Waals surface area contributed by atoms with Gasteiger partial charge in [-0.2, -0.15) is 5.10 Å². The molecule has 1 amide bonds. The molecule has 0 radical (unpaired) electrons. The van der Waals surface area contributed by atoms with Gasteiger partial charge in [-0.05, 0) is 81.0 Å². The SMILES string of the molecule is O=C(C1CC1)N1CCC(O)(Cn2cnc3c(cnn3-c3ccc(N4CCC5(CCCCC5)CC4)cc3)c2=O)CC1. The van der Waals surface area contributed by atoms with Crippen LogP contribution in [-0.4, -0.2) is 67.0 Å². The molecular formula is C31H40N6O3. The lowest BCUT2D eigenvalue weighted by atomic mass is 9.68. The molecular weight excluding hydrogens is 504 g/mol. The van der Waals surface area contributed by atoms with Crippen LogP contribution < -0.4 is 10.5 Å². The Morgan fingerprint density at radius 2 is 1.57 bits per heavy atom. The number of aromatic nitrogens is 4. The summed E-state index contributed by atoms with van der Waals surface area (Å²) in [4.78, 5) is 34.7. The largest absolute Gasteiger partial charge is 0.388 e. The molecule has 4 aliphatic rings. The van der Waals surface area contributed by atoms with E-state index in [2.05, 4.69) is 39.2 Å². The molecule has 7 rings (SSSR count). The molecule has 0 unspecified atom stereocenters. The minimum atomic E-state index is -1.03. The van der Waals surface area contributed by atoms with Gasteiger partial charge in [0.1, 0.15) is 11.7 Å². The highest BCUT2D eigenvalue weighted by atomic mass is 16.3. The molecule has 9 heteroatoms. The molecule has 4 fully saturated rings. The Hall–Kier alpha value is -3.20. The fourth-order valence-corrected chi connectivity index (χ4v) is 7.30. The quantitative estimate of drug-likeness (QED) is 0.524. The van der Waals surface area contributed by atoms with E-state index in [4.69, 9.17) is 0 Å². The highest BCUT2D eigenvalue weighted by Crippen LogP contribution is 2.45. The van der Waals surface area contributed by atoms with Gasteiger partial charge in [-0.1, -0.05) is 19.3 Å². The zero-order chi connectivity index (χ0) is 27.3. The first-order chi connectivity index (χ1) is 19.4. The van der Waals surface area contributed by atoms with Gasteiger partial charge < -0.3 is 14.9 Å². The number of aliphatic hydroxyl groups is 1. The number of likely N-dealkylation sites (tertiary alicyclic amines) is 1. The average Bonchev–Trinajstić information content (AvgIpc) is 3.74. The van der Waals surface area contributed by atoms with Gasteiger partial charge in [-0.25, -0.2) is 9.67 Å². The molecule has 0 atom stereocenters. The molecule has 9 nitrogen and oxygen atoms in total. The second-order valence-electron chi connectivity index (χ2n) is 12.9. The predicted octanol–water partition coefficient (Wildman–Crippen LogP) is 3.90. The first kappa shape index (κ1) is 25.7. The molecule has 212 valence electrons. The standard InChI is InChI=1S/C31H40N6O3/c38-28(23-4-5-23)35-18-14-31(40,15-19-35)21-36-22-32-27-26(29(36)39)20-33-37(27)25-8-6-24(7-9-25)34-16-12-30(13-17-34)10-2-1-3-11-30/h6-9,20,22-23,40H,1-5,10-19,21H2. The summed E-state index contributed by atoms with van der Waals surface area (Å²) >= 11 is 0. The van der Waals surface area contributed by atoms with Crippen molar-refractivity contribution in [2.75, 3.05) is 31.1 Å². The van der Waals surface area contributed by atoms with Crippen molar-refractivity contribution in [1.82, 2.24) is 24.2 Å². The Labute approximate surface area is 234 Å². The molecule has 2 saturated carbocycles. The fourth-order valence-electron chi connectivity index (χ4n) is 7.30. The van der Waals surface area contributed by atoms with E-state index < -0.39 is 5.60 Å². The van der Waals surface area contributed by atoms with Crippen LogP contribution in [0.3, 0.4) is 0 Å². The summed E-state index contributed by atoms with van der Waals surface area (Å²) in [5.74, 6) is 0.401. The predicted molar refractivity (Wildman–Crippen MR) is 154 cm³/mol. The number of hydrogen-bond acceptors (Lipinski definition) is 6. The number of benzene rings is 1. The number of rotatable bonds is 5. The summed E-state index contributed by atoms with van der Waals surface area (Å²) in [5.41, 5.74) is 1.97. The number of nitrogens with zero attached hydrogens (tertiary/aromatic N) is 6. The van der Waals surface area contributed by atoms with Crippen LogP contribution in [0, 0.1) is 11.3 Å². The van der Waals surface area contributed by atoms with Crippen LogP contribution in [0.1, 0.15) is 70.6 Å². The summed E-state index contributed by atoms with van der Waals surface area (Å²) < 4.78 is 3.21. The van der Waals surface area contributed by atoms with Crippen LogP contribution in [0.4, 0.5) is 5.69 Å². The van der Waals surface area contributed by atoms with E-state index in [1.807, 2.05) is 4.90 Å². The first-order valence-electron chi connectivity index (χ1n) is 15.2. The maximum atomic E-state index is 13.3. The third-order valence-corrected chi connectivity index (χ3v) is 10.1. The Kier molecular flexibility index (Phi) is 6.45. The second kappa shape index (κ2) is 10.0. The highest BCUT2D eigenvalue weighted by Gasteiger charge is 2.39. The van der Waals surface area contributed by atoms with E-state index in [0.29, 0.717) is 42.4 Å². The van der Waals surface area contributed by atoms with Crippen molar-refractivity contribution in [3.8, 4) is 5.69 Å². The highest BCUT2D eigenvalue weighted by molar-refractivity contribution is 5.81. The fraction of sp³-hybridized carbons (Fsp3) is 0.613. The maximum Gasteiger partial charge on any atom is 0.264 e. The number of amides is 1. The molecule has 40 heavy (non-hydrogen) atoms. The van der Waals surface area contributed by atoms with Crippen molar-refractivity contribution < 1.29 is 9.90 Å². The number of carbonyl (C=O) groups excluding carboxylic acids is 1. The average molecular weight is 545 g/mol. The molecule has 1 spiro atoms. The Morgan fingerprint density at radius 1 is 0.900 bits per heavy atom. The van der Waals surface area contributed by atoms with Crippen molar-refractivity contribution in [2.45, 2.75) is 82.8 Å². The Balaban J connectivity index is 1.03. The van der Waals surface area contributed by atoms with Gasteiger partial charge in [0.05, 0.1) is 24.0 Å². The van der Waals surface area contributed by atoms with Crippen LogP contribution in [0.2, 0.25) is 0 Å². The van der Waals surface area contributed by atoms with Crippen LogP contribution in [0.15, 0.2) is 41.6 Å². The van der Waals surface area contributed by atoms with Crippen molar-refractivity contribution in [3.05, 3.63) is 47.1 Å². The van der Waals surface area contributed by atoms with E-state index in [1.165, 1.54) is 61.5 Å². The topological polar surface area (TPSA) is 96.5 Å². The number of piperidine rings is 2. The summed E-state index contributed by atoms with van der Waals surface area (Å²) in [6.45, 7) is 3.46. The maximum absolute atomic E-state index is 13.3.